The lowest BCUT2D eigenvalue weighted by molar-refractivity contribution is 0.449. The Hall–Kier alpha value is -2.41. The zero-order chi connectivity index (χ0) is 14.7. The van der Waals surface area contributed by atoms with Gasteiger partial charge in [-0.1, -0.05) is 17.7 Å². The second kappa shape index (κ2) is 5.70. The molecule has 7 heteroatoms. The van der Waals surface area contributed by atoms with E-state index in [2.05, 4.69) is 20.5 Å². The second-order valence-corrected chi connectivity index (χ2v) is 4.77. The molecule has 0 saturated carbocycles. The zero-order valence-electron chi connectivity index (χ0n) is 11.0. The molecule has 1 heterocycles. The van der Waals surface area contributed by atoms with Crippen molar-refractivity contribution in [3.8, 4) is 5.88 Å². The van der Waals surface area contributed by atoms with E-state index >= 15 is 0 Å². The molecule has 2 rings (SSSR count). The van der Waals surface area contributed by atoms with Gasteiger partial charge in [-0.3, -0.25) is 15.2 Å². The van der Waals surface area contributed by atoms with Crippen LogP contribution in [0.25, 0.3) is 0 Å². The number of aromatic nitrogens is 2. The summed E-state index contributed by atoms with van der Waals surface area (Å²) in [7, 11) is 0. The van der Waals surface area contributed by atoms with Gasteiger partial charge in [0.25, 0.3) is 5.56 Å². The van der Waals surface area contributed by atoms with Crippen molar-refractivity contribution in [1.82, 2.24) is 9.97 Å². The van der Waals surface area contributed by atoms with Crippen LogP contribution in [0.5, 0.6) is 5.88 Å². The molecule has 20 heavy (non-hydrogen) atoms. The summed E-state index contributed by atoms with van der Waals surface area (Å²) < 4.78 is 0.0620. The first-order chi connectivity index (χ1) is 9.47. The minimum atomic E-state index is -0.502. The number of hydrazone groups is 1. The molecule has 0 amide bonds. The Labute approximate surface area is 120 Å². The van der Waals surface area contributed by atoms with Crippen LogP contribution in [0.2, 0.25) is 0 Å². The van der Waals surface area contributed by atoms with Crippen molar-refractivity contribution < 1.29 is 5.11 Å². The van der Waals surface area contributed by atoms with Crippen molar-refractivity contribution in [1.29, 1.82) is 0 Å². The van der Waals surface area contributed by atoms with Crippen LogP contribution in [-0.4, -0.2) is 21.3 Å². The lowest BCUT2D eigenvalue weighted by Gasteiger charge is -2.05. The molecule has 0 bridgehead atoms. The number of hydrogen-bond acceptors (Lipinski definition) is 5. The van der Waals surface area contributed by atoms with Crippen molar-refractivity contribution >= 4 is 24.1 Å². The highest BCUT2D eigenvalue weighted by Gasteiger charge is 2.04. The van der Waals surface area contributed by atoms with E-state index in [-0.39, 0.29) is 16.2 Å². The monoisotopic (exact) mass is 290 g/mol. The van der Waals surface area contributed by atoms with Crippen LogP contribution in [0.15, 0.2) is 28.1 Å². The third kappa shape index (κ3) is 3.12. The maximum atomic E-state index is 11.6. The number of hydrogen-bond donors (Lipinski definition) is 4. The zero-order valence-corrected chi connectivity index (χ0v) is 11.8. The van der Waals surface area contributed by atoms with Gasteiger partial charge in [-0.15, -0.1) is 0 Å². The van der Waals surface area contributed by atoms with Crippen LogP contribution < -0.4 is 11.0 Å². The van der Waals surface area contributed by atoms with Crippen LogP contribution in [-0.2, 0) is 0 Å². The summed E-state index contributed by atoms with van der Waals surface area (Å²) in [5, 5.41) is 13.5. The van der Waals surface area contributed by atoms with Gasteiger partial charge in [0.15, 0.2) is 4.77 Å². The Bertz CT molecular complexity index is 777. The van der Waals surface area contributed by atoms with Crippen LogP contribution in [0, 0.1) is 18.6 Å². The number of nitrogens with one attached hydrogen (secondary N) is 3. The molecule has 6 nitrogen and oxygen atoms in total. The maximum absolute atomic E-state index is 11.6. The van der Waals surface area contributed by atoms with E-state index in [1.165, 1.54) is 6.21 Å². The Balaban J connectivity index is 2.23. The van der Waals surface area contributed by atoms with Crippen molar-refractivity contribution in [3.05, 3.63) is 50.0 Å². The van der Waals surface area contributed by atoms with E-state index in [9.17, 15) is 9.90 Å². The third-order valence-corrected chi connectivity index (χ3v) is 2.92. The number of anilines is 1. The lowest BCUT2D eigenvalue weighted by Crippen LogP contribution is -2.14. The van der Waals surface area contributed by atoms with E-state index in [0.29, 0.717) is 0 Å². The largest absolute Gasteiger partial charge is 0.494 e. The van der Waals surface area contributed by atoms with Gasteiger partial charge in [0.1, 0.15) is 5.56 Å². The second-order valence-electron chi connectivity index (χ2n) is 4.36. The highest BCUT2D eigenvalue weighted by molar-refractivity contribution is 7.71. The molecular weight excluding hydrogens is 276 g/mol. The summed E-state index contributed by atoms with van der Waals surface area (Å²) in [5.74, 6) is -0.315. The summed E-state index contributed by atoms with van der Waals surface area (Å²) in [5.41, 5.74) is 5.35. The molecule has 0 atom stereocenters. The molecule has 0 aliphatic rings. The summed E-state index contributed by atoms with van der Waals surface area (Å²) in [4.78, 5) is 16.4. The molecule has 0 unspecified atom stereocenters. The number of nitrogens with zero attached hydrogens (tertiary/aromatic N) is 1. The SMILES string of the molecule is Cc1ccc(N/N=C/c2c(O)[nH]c(=S)[nH]c2=O)c(C)c1. The first kappa shape index (κ1) is 14.0. The van der Waals surface area contributed by atoms with Crippen molar-refractivity contribution in [2.75, 3.05) is 5.43 Å². The van der Waals surface area contributed by atoms with Crippen molar-refractivity contribution in [2.24, 2.45) is 5.10 Å². The number of rotatable bonds is 3. The van der Waals surface area contributed by atoms with Crippen LogP contribution in [0.4, 0.5) is 5.69 Å². The Kier molecular flexibility index (Phi) is 3.99. The van der Waals surface area contributed by atoms with Gasteiger partial charge in [-0.25, -0.2) is 0 Å². The number of aromatic hydroxyl groups is 1. The average Bonchev–Trinajstić information content (AvgIpc) is 2.34. The van der Waals surface area contributed by atoms with Crippen LogP contribution in [0.1, 0.15) is 16.7 Å². The Morgan fingerprint density at radius 1 is 1.35 bits per heavy atom. The fourth-order valence-electron chi connectivity index (χ4n) is 1.71. The topological polar surface area (TPSA) is 93.3 Å². The summed E-state index contributed by atoms with van der Waals surface area (Å²) in [6, 6.07) is 5.86. The summed E-state index contributed by atoms with van der Waals surface area (Å²) >= 11 is 4.73. The summed E-state index contributed by atoms with van der Waals surface area (Å²) in [6.07, 6.45) is 1.23. The maximum Gasteiger partial charge on any atom is 0.264 e. The van der Waals surface area contributed by atoms with Crippen molar-refractivity contribution in [3.63, 3.8) is 0 Å². The Morgan fingerprint density at radius 3 is 2.75 bits per heavy atom. The number of aryl methyl sites for hydroxylation is 2. The third-order valence-electron chi connectivity index (χ3n) is 2.72. The molecular formula is C13H14N4O2S. The van der Waals surface area contributed by atoms with E-state index < -0.39 is 5.56 Å². The van der Waals surface area contributed by atoms with Gasteiger partial charge in [-0.2, -0.15) is 5.10 Å². The molecule has 0 aliphatic carbocycles. The minimum Gasteiger partial charge on any atom is -0.494 e. The molecule has 1 aromatic heterocycles. The predicted octanol–water partition coefficient (Wildman–Crippen LogP) is 2.20. The van der Waals surface area contributed by atoms with E-state index in [4.69, 9.17) is 12.2 Å². The minimum absolute atomic E-state index is 0.0101. The molecule has 0 radical (unpaired) electrons. The molecule has 0 saturated heterocycles. The van der Waals surface area contributed by atoms with Gasteiger partial charge in [0.2, 0.25) is 5.88 Å². The Morgan fingerprint density at radius 2 is 2.10 bits per heavy atom. The summed E-state index contributed by atoms with van der Waals surface area (Å²) in [6.45, 7) is 3.96. The standard InChI is InChI=1S/C13H14N4O2S/c1-7-3-4-10(8(2)5-7)17-14-6-9-11(18)15-13(20)16-12(9)19/h3-6,17H,1-2H3,(H3,15,16,18,19,20)/b14-6+. The molecule has 0 spiro atoms. The fraction of sp³-hybridized carbons (Fsp3) is 0.154. The smallest absolute Gasteiger partial charge is 0.264 e. The highest BCUT2D eigenvalue weighted by Crippen LogP contribution is 2.15. The first-order valence-corrected chi connectivity index (χ1v) is 6.30. The van der Waals surface area contributed by atoms with Gasteiger partial charge in [0, 0.05) is 0 Å². The van der Waals surface area contributed by atoms with Gasteiger partial charge in [-0.05, 0) is 37.7 Å². The average molecular weight is 290 g/mol. The quantitative estimate of drug-likeness (QED) is 0.396. The van der Waals surface area contributed by atoms with E-state index in [1.807, 2.05) is 32.0 Å². The predicted molar refractivity (Wildman–Crippen MR) is 81.0 cm³/mol. The van der Waals surface area contributed by atoms with Gasteiger partial charge < -0.3 is 10.1 Å². The number of benzene rings is 1. The molecule has 4 N–H and O–H groups in total. The van der Waals surface area contributed by atoms with Gasteiger partial charge >= 0.3 is 0 Å². The molecule has 0 fully saturated rings. The van der Waals surface area contributed by atoms with E-state index in [0.717, 1.165) is 16.8 Å². The molecule has 0 aliphatic heterocycles. The van der Waals surface area contributed by atoms with Gasteiger partial charge in [0.05, 0.1) is 11.9 Å². The fourth-order valence-corrected chi connectivity index (χ4v) is 1.90. The first-order valence-electron chi connectivity index (χ1n) is 5.89. The number of H-pyrrole nitrogens is 2. The molecule has 2 aromatic rings. The molecule has 104 valence electrons. The van der Waals surface area contributed by atoms with Crippen LogP contribution in [0.3, 0.4) is 0 Å². The van der Waals surface area contributed by atoms with Crippen molar-refractivity contribution in [2.45, 2.75) is 13.8 Å². The highest BCUT2D eigenvalue weighted by atomic mass is 32.1. The normalized spacial score (nSPS) is 10.9. The van der Waals surface area contributed by atoms with Crippen LogP contribution >= 0.6 is 12.2 Å². The molecule has 1 aromatic carbocycles. The number of aromatic amines is 2. The van der Waals surface area contributed by atoms with E-state index in [1.54, 1.807) is 0 Å². The lowest BCUT2D eigenvalue weighted by atomic mass is 10.1.